The van der Waals surface area contributed by atoms with E-state index in [0.29, 0.717) is 38.4 Å². The molecule has 9 heteroatoms. The summed E-state index contributed by atoms with van der Waals surface area (Å²) in [5.41, 5.74) is 2.40. The largest absolute Gasteiger partial charge is 0.379 e. The van der Waals surface area contributed by atoms with Crippen LogP contribution in [0, 0.1) is 6.92 Å². The molecule has 2 amide bonds. The minimum absolute atomic E-state index is 0.231. The van der Waals surface area contributed by atoms with E-state index in [2.05, 4.69) is 10.6 Å². The SMILES string of the molecule is Cc1cccc(NC(=O)C(=O)NCCc2ccc(S(=O)(=O)N3CCOCC3)cc2)c1. The molecule has 0 saturated carbocycles. The van der Waals surface area contributed by atoms with E-state index in [4.69, 9.17) is 4.74 Å². The summed E-state index contributed by atoms with van der Waals surface area (Å²) in [7, 11) is -3.53. The summed E-state index contributed by atoms with van der Waals surface area (Å²) in [5.74, 6) is -1.45. The van der Waals surface area contributed by atoms with Crippen molar-refractivity contribution in [1.29, 1.82) is 0 Å². The van der Waals surface area contributed by atoms with Crippen LogP contribution in [-0.2, 0) is 30.8 Å². The summed E-state index contributed by atoms with van der Waals surface area (Å²) in [6, 6.07) is 13.7. The summed E-state index contributed by atoms with van der Waals surface area (Å²) in [4.78, 5) is 24.2. The van der Waals surface area contributed by atoms with Crippen molar-refractivity contribution in [1.82, 2.24) is 9.62 Å². The Kier molecular flexibility index (Phi) is 7.20. The summed E-state index contributed by atoms with van der Waals surface area (Å²) >= 11 is 0. The second-order valence-electron chi connectivity index (χ2n) is 6.99. The monoisotopic (exact) mass is 431 g/mol. The Balaban J connectivity index is 1.49. The minimum atomic E-state index is -3.53. The van der Waals surface area contributed by atoms with Crippen LogP contribution in [0.3, 0.4) is 0 Å². The average molecular weight is 432 g/mol. The highest BCUT2D eigenvalue weighted by Gasteiger charge is 2.26. The number of carbonyl (C=O) groups excluding carboxylic acids is 2. The number of amides is 2. The Labute approximate surface area is 176 Å². The highest BCUT2D eigenvalue weighted by atomic mass is 32.2. The van der Waals surface area contributed by atoms with E-state index in [9.17, 15) is 18.0 Å². The van der Waals surface area contributed by atoms with Crippen molar-refractivity contribution in [2.45, 2.75) is 18.2 Å². The fourth-order valence-corrected chi connectivity index (χ4v) is 4.48. The van der Waals surface area contributed by atoms with Crippen LogP contribution in [0.2, 0.25) is 0 Å². The highest BCUT2D eigenvalue weighted by molar-refractivity contribution is 7.89. The summed E-state index contributed by atoms with van der Waals surface area (Å²) in [6.07, 6.45) is 0.474. The van der Waals surface area contributed by atoms with E-state index in [-0.39, 0.29) is 11.4 Å². The van der Waals surface area contributed by atoms with Crippen LogP contribution >= 0.6 is 0 Å². The van der Waals surface area contributed by atoms with Crippen LogP contribution in [0.5, 0.6) is 0 Å². The summed E-state index contributed by atoms with van der Waals surface area (Å²) in [5, 5.41) is 5.13. The second kappa shape index (κ2) is 9.84. The van der Waals surface area contributed by atoms with Crippen molar-refractivity contribution in [2.75, 3.05) is 38.2 Å². The van der Waals surface area contributed by atoms with Gasteiger partial charge in [0.25, 0.3) is 0 Å². The van der Waals surface area contributed by atoms with E-state index in [1.54, 1.807) is 42.5 Å². The van der Waals surface area contributed by atoms with Gasteiger partial charge in [0.1, 0.15) is 0 Å². The van der Waals surface area contributed by atoms with Gasteiger partial charge < -0.3 is 15.4 Å². The van der Waals surface area contributed by atoms with E-state index in [0.717, 1.165) is 11.1 Å². The van der Waals surface area contributed by atoms with Crippen LogP contribution < -0.4 is 10.6 Å². The zero-order valence-corrected chi connectivity index (χ0v) is 17.6. The lowest BCUT2D eigenvalue weighted by atomic mass is 10.1. The maximum atomic E-state index is 12.6. The Hall–Kier alpha value is -2.75. The van der Waals surface area contributed by atoms with Gasteiger partial charge in [0.15, 0.2) is 0 Å². The molecule has 0 aliphatic carbocycles. The molecule has 8 nitrogen and oxygen atoms in total. The molecule has 30 heavy (non-hydrogen) atoms. The van der Waals surface area contributed by atoms with Gasteiger partial charge in [-0.25, -0.2) is 8.42 Å². The van der Waals surface area contributed by atoms with Crippen LogP contribution in [0.25, 0.3) is 0 Å². The van der Waals surface area contributed by atoms with E-state index < -0.39 is 21.8 Å². The van der Waals surface area contributed by atoms with Crippen molar-refractivity contribution in [3.63, 3.8) is 0 Å². The molecule has 1 aliphatic rings. The first kappa shape index (κ1) is 21.9. The lowest BCUT2D eigenvalue weighted by Crippen LogP contribution is -2.40. The van der Waals surface area contributed by atoms with Crippen LogP contribution in [0.4, 0.5) is 5.69 Å². The van der Waals surface area contributed by atoms with Gasteiger partial charge in [0.2, 0.25) is 10.0 Å². The third-order valence-corrected chi connectivity index (χ3v) is 6.63. The molecule has 3 rings (SSSR count). The van der Waals surface area contributed by atoms with E-state index in [1.807, 2.05) is 13.0 Å². The van der Waals surface area contributed by atoms with Gasteiger partial charge in [0.05, 0.1) is 18.1 Å². The van der Waals surface area contributed by atoms with E-state index >= 15 is 0 Å². The molecule has 0 atom stereocenters. The number of hydrogen-bond donors (Lipinski definition) is 2. The number of benzene rings is 2. The highest BCUT2D eigenvalue weighted by Crippen LogP contribution is 2.17. The molecule has 1 fully saturated rings. The van der Waals surface area contributed by atoms with Gasteiger partial charge >= 0.3 is 11.8 Å². The smallest absolute Gasteiger partial charge is 0.313 e. The van der Waals surface area contributed by atoms with Crippen LogP contribution in [-0.4, -0.2) is 57.4 Å². The Bertz CT molecular complexity index is 1000. The topological polar surface area (TPSA) is 105 Å². The van der Waals surface area contributed by atoms with Crippen molar-refractivity contribution in [3.05, 3.63) is 59.7 Å². The fourth-order valence-electron chi connectivity index (χ4n) is 3.08. The van der Waals surface area contributed by atoms with Gasteiger partial charge in [-0.1, -0.05) is 24.3 Å². The zero-order chi connectivity index (χ0) is 21.6. The molecule has 2 N–H and O–H groups in total. The number of hydrogen-bond acceptors (Lipinski definition) is 5. The number of anilines is 1. The number of aryl methyl sites for hydroxylation is 1. The first-order valence-corrected chi connectivity index (χ1v) is 11.1. The van der Waals surface area contributed by atoms with Gasteiger partial charge in [-0.3, -0.25) is 9.59 Å². The maximum Gasteiger partial charge on any atom is 0.313 e. The third-order valence-electron chi connectivity index (χ3n) is 4.71. The molecule has 2 aromatic rings. The van der Waals surface area contributed by atoms with Crippen molar-refractivity contribution in [3.8, 4) is 0 Å². The molecule has 0 bridgehead atoms. The molecular weight excluding hydrogens is 406 g/mol. The number of sulfonamides is 1. The number of carbonyl (C=O) groups is 2. The molecule has 0 radical (unpaired) electrons. The number of rotatable bonds is 6. The second-order valence-corrected chi connectivity index (χ2v) is 8.93. The minimum Gasteiger partial charge on any atom is -0.379 e. The van der Waals surface area contributed by atoms with Crippen LogP contribution in [0.15, 0.2) is 53.4 Å². The lowest BCUT2D eigenvalue weighted by Gasteiger charge is -2.26. The average Bonchev–Trinajstić information content (AvgIpc) is 2.74. The molecule has 0 aromatic heterocycles. The molecule has 160 valence electrons. The quantitative estimate of drug-likeness (QED) is 0.671. The molecule has 1 heterocycles. The Morgan fingerprint density at radius 1 is 1.03 bits per heavy atom. The van der Waals surface area contributed by atoms with Crippen molar-refractivity contribution < 1.29 is 22.7 Å². The van der Waals surface area contributed by atoms with Gasteiger partial charge in [-0.2, -0.15) is 4.31 Å². The third kappa shape index (κ3) is 5.65. The van der Waals surface area contributed by atoms with Crippen molar-refractivity contribution in [2.24, 2.45) is 0 Å². The molecular formula is C21H25N3O5S. The Morgan fingerprint density at radius 2 is 1.73 bits per heavy atom. The first-order chi connectivity index (χ1) is 14.4. The van der Waals surface area contributed by atoms with Gasteiger partial charge in [-0.05, 0) is 48.7 Å². The maximum absolute atomic E-state index is 12.6. The molecule has 0 unspecified atom stereocenters. The fraction of sp³-hybridized carbons (Fsp3) is 0.333. The predicted octanol–water partition coefficient (Wildman–Crippen LogP) is 1.31. The number of morpholine rings is 1. The lowest BCUT2D eigenvalue weighted by molar-refractivity contribution is -0.136. The summed E-state index contributed by atoms with van der Waals surface area (Å²) in [6.45, 7) is 3.65. The van der Waals surface area contributed by atoms with Gasteiger partial charge in [0, 0.05) is 25.3 Å². The predicted molar refractivity (Wildman–Crippen MR) is 113 cm³/mol. The van der Waals surface area contributed by atoms with E-state index in [1.165, 1.54) is 4.31 Å². The standard InChI is InChI=1S/C21H25N3O5S/c1-16-3-2-4-18(15-16)23-21(26)20(25)22-10-9-17-5-7-19(8-6-17)30(27,28)24-11-13-29-14-12-24/h2-8,15H,9-14H2,1H3,(H,22,25)(H,23,26). The first-order valence-electron chi connectivity index (χ1n) is 9.69. The summed E-state index contributed by atoms with van der Waals surface area (Å²) < 4.78 is 31.8. The number of nitrogens with zero attached hydrogens (tertiary/aromatic N) is 1. The normalized spacial score (nSPS) is 14.8. The van der Waals surface area contributed by atoms with Crippen LogP contribution in [0.1, 0.15) is 11.1 Å². The number of nitrogens with one attached hydrogen (secondary N) is 2. The Morgan fingerprint density at radius 3 is 2.40 bits per heavy atom. The zero-order valence-electron chi connectivity index (χ0n) is 16.8. The molecule has 1 saturated heterocycles. The molecule has 2 aromatic carbocycles. The van der Waals surface area contributed by atoms with Gasteiger partial charge in [-0.15, -0.1) is 0 Å². The molecule has 1 aliphatic heterocycles. The number of ether oxygens (including phenoxy) is 1. The van der Waals surface area contributed by atoms with Crippen molar-refractivity contribution >= 4 is 27.5 Å². The molecule has 0 spiro atoms.